The molecule has 3 N–H and O–H groups in total. The lowest BCUT2D eigenvalue weighted by atomic mass is 10.00. The molecule has 1 amide bonds. The second-order valence-electron chi connectivity index (χ2n) is 6.03. The Bertz CT molecular complexity index is 728. The van der Waals surface area contributed by atoms with E-state index >= 15 is 0 Å². The first kappa shape index (κ1) is 23.0. The molecule has 0 bridgehead atoms. The topological polar surface area (TPSA) is 117 Å². The van der Waals surface area contributed by atoms with E-state index in [2.05, 4.69) is 10.5 Å². The number of phenols is 2. The summed E-state index contributed by atoms with van der Waals surface area (Å²) < 4.78 is 5.12. The van der Waals surface area contributed by atoms with Crippen molar-refractivity contribution in [1.29, 1.82) is 0 Å². The lowest BCUT2D eigenvalue weighted by Gasteiger charge is -2.12. The number of benzene rings is 1. The predicted octanol–water partition coefficient (Wildman–Crippen LogP) is 2.68. The first-order chi connectivity index (χ1) is 13.4. The Morgan fingerprint density at radius 1 is 1.21 bits per heavy atom. The van der Waals surface area contributed by atoms with Gasteiger partial charge >= 0.3 is 5.97 Å². The SMILES string of the molecule is CCC/C=C/C(Cc1cc(O)cc(O)c1C(=O)OCCC)=N/OCC(=O)NC. The summed E-state index contributed by atoms with van der Waals surface area (Å²) in [5, 5.41) is 26.4. The molecule has 8 heteroatoms. The molecule has 0 saturated heterocycles. The molecule has 0 unspecified atom stereocenters. The van der Waals surface area contributed by atoms with Gasteiger partial charge in [-0.05, 0) is 30.5 Å². The van der Waals surface area contributed by atoms with Crippen LogP contribution in [0.1, 0.15) is 49.0 Å². The molecule has 0 spiro atoms. The van der Waals surface area contributed by atoms with E-state index in [0.717, 1.165) is 18.9 Å². The number of carbonyl (C=O) groups excluding carboxylic acids is 2. The summed E-state index contributed by atoms with van der Waals surface area (Å²) in [4.78, 5) is 28.7. The number of likely N-dealkylation sites (N-methyl/N-ethyl adjacent to an activating group) is 1. The number of ether oxygens (including phenoxy) is 1. The van der Waals surface area contributed by atoms with Crippen molar-refractivity contribution in [2.75, 3.05) is 20.3 Å². The van der Waals surface area contributed by atoms with Crippen molar-refractivity contribution in [3.8, 4) is 11.5 Å². The maximum atomic E-state index is 12.3. The maximum absolute atomic E-state index is 12.3. The Balaban J connectivity index is 3.16. The Kier molecular flexibility index (Phi) is 10.2. The van der Waals surface area contributed by atoms with Crippen molar-refractivity contribution in [3.05, 3.63) is 35.4 Å². The number of oxime groups is 1. The van der Waals surface area contributed by atoms with Crippen LogP contribution in [-0.4, -0.2) is 48.1 Å². The third-order valence-electron chi connectivity index (χ3n) is 3.62. The number of hydrogen-bond acceptors (Lipinski definition) is 7. The molecular weight excluding hydrogens is 364 g/mol. The van der Waals surface area contributed by atoms with Crippen molar-refractivity contribution < 1.29 is 29.4 Å². The van der Waals surface area contributed by atoms with Crippen LogP contribution in [-0.2, 0) is 20.8 Å². The van der Waals surface area contributed by atoms with E-state index in [0.29, 0.717) is 17.7 Å². The zero-order valence-electron chi connectivity index (χ0n) is 16.5. The number of esters is 1. The number of phenolic OH excluding ortho intramolecular Hbond substituents is 2. The zero-order valence-corrected chi connectivity index (χ0v) is 16.5. The number of unbranched alkanes of at least 4 members (excludes halogenated alkanes) is 1. The molecule has 0 aliphatic rings. The maximum Gasteiger partial charge on any atom is 0.342 e. The fourth-order valence-corrected chi connectivity index (χ4v) is 2.26. The first-order valence-corrected chi connectivity index (χ1v) is 9.20. The van der Waals surface area contributed by atoms with Gasteiger partial charge in [0.2, 0.25) is 0 Å². The van der Waals surface area contributed by atoms with Gasteiger partial charge in [0.1, 0.15) is 17.1 Å². The quantitative estimate of drug-likeness (QED) is 0.303. The first-order valence-electron chi connectivity index (χ1n) is 9.20. The molecule has 1 rings (SSSR count). The molecule has 154 valence electrons. The van der Waals surface area contributed by atoms with Gasteiger partial charge in [-0.2, -0.15) is 0 Å². The van der Waals surface area contributed by atoms with Gasteiger partial charge in [0.15, 0.2) is 6.61 Å². The van der Waals surface area contributed by atoms with Crippen LogP contribution in [0.15, 0.2) is 29.4 Å². The number of amides is 1. The normalized spacial score (nSPS) is 11.5. The van der Waals surface area contributed by atoms with E-state index in [4.69, 9.17) is 9.57 Å². The van der Waals surface area contributed by atoms with E-state index in [1.165, 1.54) is 13.1 Å². The van der Waals surface area contributed by atoms with Gasteiger partial charge in [0.05, 0.1) is 12.3 Å². The molecule has 0 atom stereocenters. The van der Waals surface area contributed by atoms with Crippen LogP contribution in [0.3, 0.4) is 0 Å². The third-order valence-corrected chi connectivity index (χ3v) is 3.62. The Morgan fingerprint density at radius 2 is 1.96 bits per heavy atom. The minimum atomic E-state index is -0.683. The van der Waals surface area contributed by atoms with Crippen LogP contribution in [0, 0.1) is 0 Å². The summed E-state index contributed by atoms with van der Waals surface area (Å²) in [6.45, 7) is 3.85. The average Bonchev–Trinajstić information content (AvgIpc) is 2.65. The van der Waals surface area contributed by atoms with Crippen LogP contribution in [0.5, 0.6) is 11.5 Å². The lowest BCUT2D eigenvalue weighted by Crippen LogP contribution is -2.22. The Labute approximate surface area is 164 Å². The highest BCUT2D eigenvalue weighted by atomic mass is 16.6. The van der Waals surface area contributed by atoms with E-state index in [1.807, 2.05) is 19.9 Å². The van der Waals surface area contributed by atoms with E-state index in [-0.39, 0.29) is 42.6 Å². The molecule has 0 saturated carbocycles. The number of carbonyl (C=O) groups is 2. The van der Waals surface area contributed by atoms with Gasteiger partial charge in [0, 0.05) is 19.5 Å². The largest absolute Gasteiger partial charge is 0.508 e. The molecule has 1 aromatic carbocycles. The Hall–Kier alpha value is -3.03. The molecule has 0 aliphatic carbocycles. The highest BCUT2D eigenvalue weighted by molar-refractivity contribution is 6.00. The summed E-state index contributed by atoms with van der Waals surface area (Å²) in [7, 11) is 1.49. The molecule has 0 radical (unpaired) electrons. The summed E-state index contributed by atoms with van der Waals surface area (Å²) in [5.41, 5.74) is 0.725. The standard InChI is InChI=1S/C20H28N2O6/c1-4-6-7-8-15(22-28-13-18(25)21-3)10-14-11-16(23)12-17(24)19(14)20(26)27-9-5-2/h7-8,11-12,23-24H,4-6,9-10,13H2,1-3H3,(H,21,25)/b8-7+,22-15-. The molecule has 0 fully saturated rings. The second kappa shape index (κ2) is 12.4. The van der Waals surface area contributed by atoms with Crippen LogP contribution in [0.4, 0.5) is 0 Å². The summed E-state index contributed by atoms with van der Waals surface area (Å²) >= 11 is 0. The number of nitrogens with zero attached hydrogens (tertiary/aromatic N) is 1. The van der Waals surface area contributed by atoms with Gasteiger partial charge < -0.3 is 25.1 Å². The molecule has 0 aromatic heterocycles. The molecule has 28 heavy (non-hydrogen) atoms. The fourth-order valence-electron chi connectivity index (χ4n) is 2.26. The number of rotatable bonds is 11. The fraction of sp³-hybridized carbons (Fsp3) is 0.450. The third kappa shape index (κ3) is 7.69. The van der Waals surface area contributed by atoms with Crippen molar-refractivity contribution in [3.63, 3.8) is 0 Å². The van der Waals surface area contributed by atoms with E-state index < -0.39 is 5.97 Å². The molecular formula is C20H28N2O6. The second-order valence-corrected chi connectivity index (χ2v) is 6.03. The number of allylic oxidation sites excluding steroid dienone is 2. The van der Waals surface area contributed by atoms with Crippen molar-refractivity contribution >= 4 is 17.6 Å². The molecule has 8 nitrogen and oxygen atoms in total. The van der Waals surface area contributed by atoms with E-state index in [1.54, 1.807) is 6.08 Å². The Morgan fingerprint density at radius 3 is 2.61 bits per heavy atom. The average molecular weight is 392 g/mol. The molecule has 0 aliphatic heterocycles. The van der Waals surface area contributed by atoms with Gasteiger partial charge in [-0.25, -0.2) is 4.79 Å². The van der Waals surface area contributed by atoms with Crippen LogP contribution >= 0.6 is 0 Å². The van der Waals surface area contributed by atoms with Crippen LogP contribution < -0.4 is 5.32 Å². The van der Waals surface area contributed by atoms with Crippen molar-refractivity contribution in [2.24, 2.45) is 5.16 Å². The summed E-state index contributed by atoms with van der Waals surface area (Å²) in [6, 6.07) is 2.45. The number of hydrogen-bond donors (Lipinski definition) is 3. The lowest BCUT2D eigenvalue weighted by molar-refractivity contribution is -0.125. The summed E-state index contributed by atoms with van der Waals surface area (Å²) in [6.07, 6.45) is 6.08. The van der Waals surface area contributed by atoms with E-state index in [9.17, 15) is 19.8 Å². The highest BCUT2D eigenvalue weighted by Gasteiger charge is 2.20. The van der Waals surface area contributed by atoms with Gasteiger partial charge in [-0.3, -0.25) is 4.79 Å². The summed E-state index contributed by atoms with van der Waals surface area (Å²) in [5.74, 6) is -1.58. The number of aromatic hydroxyl groups is 2. The monoisotopic (exact) mass is 392 g/mol. The van der Waals surface area contributed by atoms with Crippen molar-refractivity contribution in [2.45, 2.75) is 39.5 Å². The predicted molar refractivity (Wildman–Crippen MR) is 106 cm³/mol. The number of nitrogens with one attached hydrogen (secondary N) is 1. The smallest absolute Gasteiger partial charge is 0.342 e. The molecule has 1 aromatic rings. The van der Waals surface area contributed by atoms with Gasteiger partial charge in [-0.1, -0.05) is 31.5 Å². The van der Waals surface area contributed by atoms with Crippen molar-refractivity contribution in [1.82, 2.24) is 5.32 Å². The van der Waals surface area contributed by atoms with Gasteiger partial charge in [0.25, 0.3) is 5.91 Å². The molecule has 0 heterocycles. The minimum Gasteiger partial charge on any atom is -0.508 e. The van der Waals surface area contributed by atoms with Crippen LogP contribution in [0.25, 0.3) is 0 Å². The highest BCUT2D eigenvalue weighted by Crippen LogP contribution is 2.29. The zero-order chi connectivity index (χ0) is 20.9. The minimum absolute atomic E-state index is 0.0332. The van der Waals surface area contributed by atoms with Gasteiger partial charge in [-0.15, -0.1) is 0 Å². The van der Waals surface area contributed by atoms with Crippen LogP contribution in [0.2, 0.25) is 0 Å².